The van der Waals surface area contributed by atoms with Crippen molar-refractivity contribution < 1.29 is 19.1 Å². The summed E-state index contributed by atoms with van der Waals surface area (Å²) in [7, 11) is 0. The summed E-state index contributed by atoms with van der Waals surface area (Å²) < 4.78 is 13.0. The van der Waals surface area contributed by atoms with Gasteiger partial charge in [-0.2, -0.15) is 0 Å². The monoisotopic (exact) mass is 370 g/mol. The van der Waals surface area contributed by atoms with Gasteiger partial charge in [-0.15, -0.1) is 0 Å². The van der Waals surface area contributed by atoms with E-state index in [9.17, 15) is 19.1 Å². The predicted molar refractivity (Wildman–Crippen MR) is 99.3 cm³/mol. The van der Waals surface area contributed by atoms with Gasteiger partial charge in [-0.05, 0) is 35.2 Å². The first-order valence-corrected chi connectivity index (χ1v) is 9.01. The third-order valence-electron chi connectivity index (χ3n) is 4.94. The van der Waals surface area contributed by atoms with E-state index < -0.39 is 6.10 Å². The van der Waals surface area contributed by atoms with Gasteiger partial charge in [0.1, 0.15) is 5.82 Å². The van der Waals surface area contributed by atoms with Crippen LogP contribution >= 0.6 is 0 Å². The minimum Gasteiger partial charge on any atom is -0.387 e. The highest BCUT2D eigenvalue weighted by Gasteiger charge is 2.30. The van der Waals surface area contributed by atoms with Crippen LogP contribution in [0, 0.1) is 5.82 Å². The quantitative estimate of drug-likeness (QED) is 0.850. The topological polar surface area (TPSA) is 69.6 Å². The van der Waals surface area contributed by atoms with Crippen LogP contribution in [0.25, 0.3) is 0 Å². The maximum Gasteiger partial charge on any atom is 0.222 e. The molecule has 1 aliphatic rings. The second-order valence-corrected chi connectivity index (χ2v) is 6.75. The van der Waals surface area contributed by atoms with Crippen LogP contribution in [0.15, 0.2) is 48.5 Å². The van der Waals surface area contributed by atoms with Crippen LogP contribution in [-0.2, 0) is 16.0 Å². The van der Waals surface area contributed by atoms with E-state index in [4.69, 9.17) is 0 Å². The first kappa shape index (κ1) is 19.0. The lowest BCUT2D eigenvalue weighted by molar-refractivity contribution is -0.133. The van der Waals surface area contributed by atoms with Crippen LogP contribution in [0.2, 0.25) is 0 Å². The Balaban J connectivity index is 1.65. The van der Waals surface area contributed by atoms with Crippen LogP contribution in [-0.4, -0.2) is 34.9 Å². The van der Waals surface area contributed by atoms with E-state index in [0.717, 1.165) is 17.5 Å². The van der Waals surface area contributed by atoms with Gasteiger partial charge in [0.05, 0.1) is 18.6 Å². The highest BCUT2D eigenvalue weighted by molar-refractivity contribution is 5.79. The summed E-state index contributed by atoms with van der Waals surface area (Å²) in [6.45, 7) is 2.12. The molecular formula is C21H23FN2O3. The Labute approximate surface area is 157 Å². The van der Waals surface area contributed by atoms with Crippen LogP contribution in [0.3, 0.4) is 0 Å². The molecule has 5 nitrogen and oxygen atoms in total. The molecule has 2 atom stereocenters. The van der Waals surface area contributed by atoms with Gasteiger partial charge in [-0.3, -0.25) is 9.59 Å². The summed E-state index contributed by atoms with van der Waals surface area (Å²) in [5.74, 6) is -0.687. The van der Waals surface area contributed by atoms with Gasteiger partial charge < -0.3 is 15.3 Å². The zero-order chi connectivity index (χ0) is 19.4. The smallest absolute Gasteiger partial charge is 0.222 e. The minimum absolute atomic E-state index is 0.0267. The van der Waals surface area contributed by atoms with Crippen molar-refractivity contribution in [3.63, 3.8) is 0 Å². The minimum atomic E-state index is -0.919. The lowest BCUT2D eigenvalue weighted by Crippen LogP contribution is -2.41. The SMILES string of the molecule is CC(=O)N1CCc2ccccc2C1CC(=O)NCC(O)c1ccc(F)cc1. The molecule has 2 aromatic carbocycles. The summed E-state index contributed by atoms with van der Waals surface area (Å²) in [5.41, 5.74) is 2.68. The lowest BCUT2D eigenvalue weighted by atomic mass is 9.90. The van der Waals surface area contributed by atoms with E-state index in [-0.39, 0.29) is 36.6 Å². The van der Waals surface area contributed by atoms with Crippen molar-refractivity contribution >= 4 is 11.8 Å². The Hall–Kier alpha value is -2.73. The van der Waals surface area contributed by atoms with Crippen molar-refractivity contribution in [1.82, 2.24) is 10.2 Å². The Morgan fingerprint density at radius 3 is 2.63 bits per heavy atom. The van der Waals surface area contributed by atoms with Gasteiger partial charge >= 0.3 is 0 Å². The van der Waals surface area contributed by atoms with Crippen molar-refractivity contribution in [3.05, 3.63) is 71.0 Å². The summed E-state index contributed by atoms with van der Waals surface area (Å²) in [6.07, 6.45) is -0.0127. The van der Waals surface area contributed by atoms with Gasteiger partial charge in [-0.1, -0.05) is 36.4 Å². The number of nitrogens with zero attached hydrogens (tertiary/aromatic N) is 1. The number of carbonyl (C=O) groups is 2. The predicted octanol–water partition coefficient (Wildman–Crippen LogP) is 2.51. The molecule has 2 amide bonds. The van der Waals surface area contributed by atoms with E-state index in [1.165, 1.54) is 31.2 Å². The number of nitrogens with one attached hydrogen (secondary N) is 1. The summed E-state index contributed by atoms with van der Waals surface area (Å²) in [4.78, 5) is 26.2. The maximum atomic E-state index is 13.0. The third kappa shape index (κ3) is 4.52. The van der Waals surface area contributed by atoms with E-state index >= 15 is 0 Å². The number of carbonyl (C=O) groups excluding carboxylic acids is 2. The van der Waals surface area contributed by atoms with Crippen molar-refractivity contribution in [3.8, 4) is 0 Å². The standard InChI is InChI=1S/C21H23FN2O3/c1-14(25)24-11-10-15-4-2-3-5-18(15)19(24)12-21(27)23-13-20(26)16-6-8-17(22)9-7-16/h2-9,19-20,26H,10-13H2,1H3,(H,23,27). The van der Waals surface area contributed by atoms with Crippen molar-refractivity contribution in [2.45, 2.75) is 31.9 Å². The van der Waals surface area contributed by atoms with Crippen molar-refractivity contribution in [2.75, 3.05) is 13.1 Å². The normalized spacial score (nSPS) is 17.1. The van der Waals surface area contributed by atoms with E-state index in [1.54, 1.807) is 4.90 Å². The Kier molecular flexibility index (Phi) is 5.86. The maximum absolute atomic E-state index is 13.0. The number of rotatable bonds is 5. The second kappa shape index (κ2) is 8.31. The number of hydrogen-bond acceptors (Lipinski definition) is 3. The Morgan fingerprint density at radius 1 is 1.22 bits per heavy atom. The van der Waals surface area contributed by atoms with Crippen molar-refractivity contribution in [2.24, 2.45) is 0 Å². The van der Waals surface area contributed by atoms with Gasteiger partial charge in [0.15, 0.2) is 0 Å². The second-order valence-electron chi connectivity index (χ2n) is 6.75. The Bertz CT molecular complexity index is 822. The van der Waals surface area contributed by atoms with E-state index in [2.05, 4.69) is 5.32 Å². The molecule has 3 rings (SSSR count). The molecule has 0 aromatic heterocycles. The van der Waals surface area contributed by atoms with Crippen LogP contribution in [0.1, 0.15) is 42.2 Å². The first-order valence-electron chi connectivity index (χ1n) is 9.01. The fraction of sp³-hybridized carbons (Fsp3) is 0.333. The van der Waals surface area contributed by atoms with Crippen LogP contribution in [0.5, 0.6) is 0 Å². The number of halogens is 1. The molecule has 0 saturated heterocycles. The largest absolute Gasteiger partial charge is 0.387 e. The van der Waals surface area contributed by atoms with Gasteiger partial charge in [0.25, 0.3) is 0 Å². The zero-order valence-corrected chi connectivity index (χ0v) is 15.2. The molecule has 142 valence electrons. The number of aliphatic hydroxyl groups excluding tert-OH is 1. The average molecular weight is 370 g/mol. The molecule has 0 radical (unpaired) electrons. The number of aliphatic hydroxyl groups is 1. The molecule has 2 aromatic rings. The van der Waals surface area contributed by atoms with Crippen LogP contribution in [0.4, 0.5) is 4.39 Å². The number of fused-ring (bicyclic) bond motifs is 1. The first-order chi connectivity index (χ1) is 13.0. The summed E-state index contributed by atoms with van der Waals surface area (Å²) in [6, 6.07) is 13.0. The molecule has 1 heterocycles. The fourth-order valence-corrected chi connectivity index (χ4v) is 3.51. The molecule has 27 heavy (non-hydrogen) atoms. The van der Waals surface area contributed by atoms with E-state index in [0.29, 0.717) is 12.1 Å². The van der Waals surface area contributed by atoms with E-state index in [1.807, 2.05) is 24.3 Å². The highest BCUT2D eigenvalue weighted by atomic mass is 19.1. The number of amides is 2. The molecule has 2 N–H and O–H groups in total. The third-order valence-corrected chi connectivity index (χ3v) is 4.94. The summed E-state index contributed by atoms with van der Waals surface area (Å²) >= 11 is 0. The summed E-state index contributed by atoms with van der Waals surface area (Å²) in [5, 5.41) is 12.9. The molecule has 0 aliphatic carbocycles. The average Bonchev–Trinajstić information content (AvgIpc) is 2.66. The molecule has 0 spiro atoms. The molecular weight excluding hydrogens is 347 g/mol. The highest BCUT2D eigenvalue weighted by Crippen LogP contribution is 2.32. The number of hydrogen-bond donors (Lipinski definition) is 2. The van der Waals surface area contributed by atoms with Crippen molar-refractivity contribution in [1.29, 1.82) is 0 Å². The molecule has 0 fully saturated rings. The van der Waals surface area contributed by atoms with Gasteiger partial charge in [0, 0.05) is 20.0 Å². The van der Waals surface area contributed by atoms with Gasteiger partial charge in [-0.25, -0.2) is 4.39 Å². The molecule has 1 aliphatic heterocycles. The lowest BCUT2D eigenvalue weighted by Gasteiger charge is -2.36. The Morgan fingerprint density at radius 2 is 1.93 bits per heavy atom. The van der Waals surface area contributed by atoms with Gasteiger partial charge in [0.2, 0.25) is 11.8 Å². The molecule has 0 saturated carbocycles. The zero-order valence-electron chi connectivity index (χ0n) is 15.2. The molecule has 6 heteroatoms. The molecule has 2 unspecified atom stereocenters. The number of benzene rings is 2. The van der Waals surface area contributed by atoms with Crippen LogP contribution < -0.4 is 5.32 Å². The molecule has 0 bridgehead atoms. The fourth-order valence-electron chi connectivity index (χ4n) is 3.51.